The Morgan fingerprint density at radius 3 is 2.61 bits per heavy atom. The fourth-order valence-corrected chi connectivity index (χ4v) is 3.05. The molecule has 0 spiro atoms. The molecule has 0 fully saturated rings. The van der Waals surface area contributed by atoms with Gasteiger partial charge in [-0.05, 0) is 16.5 Å². The van der Waals surface area contributed by atoms with Gasteiger partial charge in [0.25, 0.3) is 0 Å². The average molecular weight is 303 g/mol. The van der Waals surface area contributed by atoms with Crippen molar-refractivity contribution in [1.82, 2.24) is 0 Å². The first kappa shape index (κ1) is 13.8. The van der Waals surface area contributed by atoms with E-state index in [1.54, 1.807) is 0 Å². The van der Waals surface area contributed by atoms with E-state index < -0.39 is 0 Å². The first-order valence-corrected chi connectivity index (χ1v) is 7.79. The van der Waals surface area contributed by atoms with E-state index in [0.717, 1.165) is 34.0 Å². The van der Waals surface area contributed by atoms with Crippen LogP contribution >= 0.6 is 0 Å². The summed E-state index contributed by atoms with van der Waals surface area (Å²) in [5, 5.41) is 16.6. The van der Waals surface area contributed by atoms with Crippen molar-refractivity contribution in [1.29, 1.82) is 0 Å². The third kappa shape index (κ3) is 2.66. The third-order valence-corrected chi connectivity index (χ3v) is 4.27. The summed E-state index contributed by atoms with van der Waals surface area (Å²) in [4.78, 5) is 5.57. The Morgan fingerprint density at radius 2 is 1.74 bits per heavy atom. The topological polar surface area (TPSA) is 41.8 Å². The van der Waals surface area contributed by atoms with E-state index in [4.69, 9.17) is 4.84 Å². The van der Waals surface area contributed by atoms with Gasteiger partial charge in [-0.3, -0.25) is 0 Å². The molecule has 1 unspecified atom stereocenters. The number of aromatic hydroxyl groups is 1. The molecule has 23 heavy (non-hydrogen) atoms. The van der Waals surface area contributed by atoms with Crippen LogP contribution < -0.4 is 0 Å². The Balaban J connectivity index is 1.53. The summed E-state index contributed by atoms with van der Waals surface area (Å²) in [6.07, 6.45) is 1.38. The van der Waals surface area contributed by atoms with Gasteiger partial charge in [0.05, 0.1) is 5.71 Å². The summed E-state index contributed by atoms with van der Waals surface area (Å²) in [7, 11) is 0. The third-order valence-electron chi connectivity index (χ3n) is 4.27. The number of rotatable bonds is 3. The summed E-state index contributed by atoms with van der Waals surface area (Å²) >= 11 is 0. The Hall–Kier alpha value is -2.81. The Labute approximate surface area is 134 Å². The van der Waals surface area contributed by atoms with Gasteiger partial charge < -0.3 is 9.94 Å². The minimum Gasteiger partial charge on any atom is -0.507 e. The fourth-order valence-electron chi connectivity index (χ4n) is 3.05. The quantitative estimate of drug-likeness (QED) is 0.784. The molecular weight excluding hydrogens is 286 g/mol. The lowest BCUT2D eigenvalue weighted by Gasteiger charge is -2.11. The minimum atomic E-state index is -0.0303. The number of oxime groups is 1. The molecule has 0 bridgehead atoms. The van der Waals surface area contributed by atoms with Crippen molar-refractivity contribution in [3.05, 3.63) is 77.9 Å². The highest BCUT2D eigenvalue weighted by atomic mass is 16.6. The maximum atomic E-state index is 10.5. The molecule has 1 N–H and O–H groups in total. The predicted octanol–water partition coefficient (Wildman–Crippen LogP) is 4.28. The Morgan fingerprint density at radius 1 is 0.957 bits per heavy atom. The van der Waals surface area contributed by atoms with Gasteiger partial charge in [-0.1, -0.05) is 71.9 Å². The summed E-state index contributed by atoms with van der Waals surface area (Å²) in [6.45, 7) is 0. The molecule has 3 nitrogen and oxygen atoms in total. The maximum Gasteiger partial charge on any atom is 0.137 e. The van der Waals surface area contributed by atoms with E-state index in [2.05, 4.69) is 5.16 Å². The van der Waals surface area contributed by atoms with Crippen LogP contribution in [-0.4, -0.2) is 16.9 Å². The molecule has 0 radical (unpaired) electrons. The highest BCUT2D eigenvalue weighted by molar-refractivity contribution is 6.01. The number of phenols is 1. The predicted molar refractivity (Wildman–Crippen MR) is 91.8 cm³/mol. The first-order chi connectivity index (χ1) is 11.3. The second kappa shape index (κ2) is 5.76. The number of phenolic OH excluding ortho intramolecular Hbond substituents is 1. The minimum absolute atomic E-state index is 0.0303. The molecule has 3 aromatic carbocycles. The number of benzene rings is 3. The average Bonchev–Trinajstić information content (AvgIpc) is 3.07. The Bertz CT molecular complexity index is 871. The van der Waals surface area contributed by atoms with Gasteiger partial charge in [0.1, 0.15) is 11.9 Å². The van der Waals surface area contributed by atoms with E-state index in [1.807, 2.05) is 66.7 Å². The molecule has 4 rings (SSSR count). The van der Waals surface area contributed by atoms with Crippen LogP contribution in [0.25, 0.3) is 10.8 Å². The smallest absolute Gasteiger partial charge is 0.137 e. The Kier molecular flexibility index (Phi) is 3.46. The standard InChI is InChI=1S/C20H17NO2/c22-20-16(11-10-14-6-4-5-9-18(14)20)12-17-13-19(21-23-17)15-7-2-1-3-8-15/h1-11,17,22H,12-13H2. The molecule has 114 valence electrons. The summed E-state index contributed by atoms with van der Waals surface area (Å²) in [5.74, 6) is 0.347. The molecule has 1 heterocycles. The van der Waals surface area contributed by atoms with Crippen molar-refractivity contribution in [2.24, 2.45) is 5.16 Å². The highest BCUT2D eigenvalue weighted by Gasteiger charge is 2.23. The van der Waals surface area contributed by atoms with Gasteiger partial charge in [0, 0.05) is 18.2 Å². The largest absolute Gasteiger partial charge is 0.507 e. The molecular formula is C20H17NO2. The summed E-state index contributed by atoms with van der Waals surface area (Å²) in [6, 6.07) is 21.9. The van der Waals surface area contributed by atoms with Crippen molar-refractivity contribution >= 4 is 16.5 Å². The number of fused-ring (bicyclic) bond motifs is 1. The summed E-state index contributed by atoms with van der Waals surface area (Å²) in [5.41, 5.74) is 2.96. The first-order valence-electron chi connectivity index (χ1n) is 7.79. The van der Waals surface area contributed by atoms with E-state index in [0.29, 0.717) is 12.2 Å². The SMILES string of the molecule is Oc1c(CC2CC(c3ccccc3)=NO2)ccc2ccccc12. The zero-order chi connectivity index (χ0) is 15.6. The molecule has 3 heteroatoms. The van der Waals surface area contributed by atoms with E-state index in [-0.39, 0.29) is 6.10 Å². The molecule has 0 amide bonds. The van der Waals surface area contributed by atoms with Gasteiger partial charge in [0.2, 0.25) is 0 Å². The van der Waals surface area contributed by atoms with Crippen molar-refractivity contribution in [3.8, 4) is 5.75 Å². The van der Waals surface area contributed by atoms with E-state index in [1.165, 1.54) is 0 Å². The van der Waals surface area contributed by atoms with Gasteiger partial charge in [-0.2, -0.15) is 0 Å². The molecule has 1 aliphatic heterocycles. The maximum absolute atomic E-state index is 10.5. The lowest BCUT2D eigenvalue weighted by atomic mass is 9.97. The second-order valence-corrected chi connectivity index (χ2v) is 5.83. The second-order valence-electron chi connectivity index (χ2n) is 5.83. The van der Waals surface area contributed by atoms with Crippen molar-refractivity contribution in [2.75, 3.05) is 0 Å². The van der Waals surface area contributed by atoms with Crippen LogP contribution in [-0.2, 0) is 11.3 Å². The van der Waals surface area contributed by atoms with Crippen LogP contribution in [0.3, 0.4) is 0 Å². The molecule has 3 aromatic rings. The van der Waals surface area contributed by atoms with Crippen molar-refractivity contribution in [2.45, 2.75) is 18.9 Å². The molecule has 1 atom stereocenters. The van der Waals surface area contributed by atoms with Gasteiger partial charge in [-0.25, -0.2) is 0 Å². The van der Waals surface area contributed by atoms with Crippen molar-refractivity contribution in [3.63, 3.8) is 0 Å². The molecule has 0 saturated heterocycles. The normalized spacial score (nSPS) is 17.0. The van der Waals surface area contributed by atoms with Gasteiger partial charge >= 0.3 is 0 Å². The zero-order valence-corrected chi connectivity index (χ0v) is 12.6. The van der Waals surface area contributed by atoms with Crippen LogP contribution in [0.2, 0.25) is 0 Å². The molecule has 0 aliphatic carbocycles. The fraction of sp³-hybridized carbons (Fsp3) is 0.150. The van der Waals surface area contributed by atoms with Crippen LogP contribution in [0.4, 0.5) is 0 Å². The van der Waals surface area contributed by atoms with Crippen LogP contribution in [0.5, 0.6) is 5.75 Å². The van der Waals surface area contributed by atoms with E-state index >= 15 is 0 Å². The highest BCUT2D eigenvalue weighted by Crippen LogP contribution is 2.31. The monoisotopic (exact) mass is 303 g/mol. The lowest BCUT2D eigenvalue weighted by Crippen LogP contribution is -2.12. The lowest BCUT2D eigenvalue weighted by molar-refractivity contribution is 0.0855. The van der Waals surface area contributed by atoms with Gasteiger partial charge in [-0.15, -0.1) is 0 Å². The van der Waals surface area contributed by atoms with Crippen LogP contribution in [0, 0.1) is 0 Å². The van der Waals surface area contributed by atoms with E-state index in [9.17, 15) is 5.11 Å². The zero-order valence-electron chi connectivity index (χ0n) is 12.6. The number of nitrogens with zero attached hydrogens (tertiary/aromatic N) is 1. The van der Waals surface area contributed by atoms with Gasteiger partial charge in [0.15, 0.2) is 0 Å². The van der Waals surface area contributed by atoms with Crippen molar-refractivity contribution < 1.29 is 9.94 Å². The number of hydrogen-bond acceptors (Lipinski definition) is 3. The summed E-state index contributed by atoms with van der Waals surface area (Å²) < 4.78 is 0. The molecule has 0 saturated carbocycles. The molecule has 0 aromatic heterocycles. The number of hydrogen-bond donors (Lipinski definition) is 1. The van der Waals surface area contributed by atoms with Crippen LogP contribution in [0.1, 0.15) is 17.5 Å². The van der Waals surface area contributed by atoms with Crippen LogP contribution in [0.15, 0.2) is 71.9 Å². The molecule has 1 aliphatic rings.